The lowest BCUT2D eigenvalue weighted by Gasteiger charge is -2.55. The number of aryl methyl sites for hydroxylation is 1. The summed E-state index contributed by atoms with van der Waals surface area (Å²) < 4.78 is 1.75. The van der Waals surface area contributed by atoms with E-state index < -0.39 is 0 Å². The van der Waals surface area contributed by atoms with Crippen LogP contribution in [-0.4, -0.2) is 65.6 Å². The first-order valence-corrected chi connectivity index (χ1v) is 9.97. The van der Waals surface area contributed by atoms with Crippen LogP contribution < -0.4 is 5.32 Å². The zero-order valence-corrected chi connectivity index (χ0v) is 16.1. The molecular formula is C22H25N5O. The van der Waals surface area contributed by atoms with E-state index in [1.807, 2.05) is 7.05 Å². The van der Waals surface area contributed by atoms with Crippen LogP contribution in [0.3, 0.4) is 0 Å². The molecule has 6 nitrogen and oxygen atoms in total. The van der Waals surface area contributed by atoms with Gasteiger partial charge in [-0.05, 0) is 11.6 Å². The van der Waals surface area contributed by atoms with Gasteiger partial charge in [0.2, 0.25) is 0 Å². The average molecular weight is 375 g/mol. The van der Waals surface area contributed by atoms with Crippen LogP contribution in [0.1, 0.15) is 21.6 Å². The van der Waals surface area contributed by atoms with Gasteiger partial charge in [-0.1, -0.05) is 30.3 Å². The summed E-state index contributed by atoms with van der Waals surface area (Å²) in [7, 11) is 1.82. The zero-order chi connectivity index (χ0) is 19.3. The Bertz CT molecular complexity index is 928. The van der Waals surface area contributed by atoms with Gasteiger partial charge in [0, 0.05) is 69.9 Å². The number of piperidine rings is 2. The van der Waals surface area contributed by atoms with Crippen LogP contribution in [-0.2, 0) is 12.5 Å². The molecule has 5 heterocycles. The summed E-state index contributed by atoms with van der Waals surface area (Å²) in [6.45, 7) is 6.24. The quantitative estimate of drug-likeness (QED) is 0.876. The number of carbonyl (C=O) groups is 1. The lowest BCUT2D eigenvalue weighted by molar-refractivity contribution is 0.0179. The predicted molar refractivity (Wildman–Crippen MR) is 106 cm³/mol. The van der Waals surface area contributed by atoms with Gasteiger partial charge < -0.3 is 19.7 Å². The molecule has 6 rings (SSSR count). The van der Waals surface area contributed by atoms with Gasteiger partial charge in [0.25, 0.3) is 5.91 Å². The minimum atomic E-state index is -0.0994. The van der Waals surface area contributed by atoms with Crippen LogP contribution in [0.4, 0.5) is 0 Å². The Labute approximate surface area is 165 Å². The van der Waals surface area contributed by atoms with E-state index in [1.54, 1.807) is 16.8 Å². The number of benzene rings is 1. The summed E-state index contributed by atoms with van der Waals surface area (Å²) >= 11 is 0. The molecule has 4 fully saturated rings. The third-order valence-electron chi connectivity index (χ3n) is 6.80. The molecule has 0 spiro atoms. The van der Waals surface area contributed by atoms with Crippen molar-refractivity contribution in [1.29, 1.82) is 5.26 Å². The molecule has 4 bridgehead atoms. The maximum atomic E-state index is 13.2. The van der Waals surface area contributed by atoms with Gasteiger partial charge in [0.05, 0.1) is 5.56 Å². The van der Waals surface area contributed by atoms with Gasteiger partial charge in [0.15, 0.2) is 0 Å². The molecule has 3 atom stereocenters. The standard InChI is InChI=1S/C22H25N5O/c1-25-11-16(10-23)9-19(25)21(28)24-20-17-12-26-7-8-27(13-17)15-22(20,14-26)18-5-3-2-4-6-18/h2-6,9,11,17,20H,7-8,12-15H2,1H3,(H,24,28)/t17?,20-,22?/m0/s1. The Morgan fingerprint density at radius 2 is 1.86 bits per heavy atom. The molecule has 1 N–H and O–H groups in total. The monoisotopic (exact) mass is 375 g/mol. The van der Waals surface area contributed by atoms with E-state index in [1.165, 1.54) is 5.56 Å². The minimum Gasteiger partial charge on any atom is -0.347 e. The molecule has 1 aromatic carbocycles. The van der Waals surface area contributed by atoms with E-state index in [0.717, 1.165) is 39.3 Å². The van der Waals surface area contributed by atoms with E-state index in [0.29, 0.717) is 17.2 Å². The minimum absolute atomic E-state index is 0.0829. The molecule has 28 heavy (non-hydrogen) atoms. The zero-order valence-electron chi connectivity index (χ0n) is 16.1. The largest absolute Gasteiger partial charge is 0.347 e. The Hall–Kier alpha value is -2.62. The molecule has 2 aromatic rings. The van der Waals surface area contributed by atoms with Crippen LogP contribution in [0.15, 0.2) is 42.6 Å². The highest BCUT2D eigenvalue weighted by Gasteiger charge is 2.55. The lowest BCUT2D eigenvalue weighted by atomic mass is 9.64. The molecule has 0 saturated carbocycles. The molecule has 6 heteroatoms. The van der Waals surface area contributed by atoms with Crippen molar-refractivity contribution in [3.63, 3.8) is 0 Å². The van der Waals surface area contributed by atoms with Crippen molar-refractivity contribution in [2.75, 3.05) is 39.3 Å². The number of carbonyl (C=O) groups excluding carboxylic acids is 1. The number of nitrogens with one attached hydrogen (secondary N) is 1. The number of nitriles is 1. The summed E-state index contributed by atoms with van der Waals surface area (Å²) in [6, 6.07) is 14.6. The number of aromatic nitrogens is 1. The normalized spacial score (nSPS) is 33.3. The Kier molecular flexibility index (Phi) is 4.04. The number of nitrogens with zero attached hydrogens (tertiary/aromatic N) is 4. The van der Waals surface area contributed by atoms with Gasteiger partial charge in [-0.2, -0.15) is 5.26 Å². The Morgan fingerprint density at radius 1 is 1.18 bits per heavy atom. The van der Waals surface area contributed by atoms with Crippen molar-refractivity contribution in [1.82, 2.24) is 19.7 Å². The van der Waals surface area contributed by atoms with Gasteiger partial charge >= 0.3 is 0 Å². The summed E-state index contributed by atoms with van der Waals surface area (Å²) in [4.78, 5) is 18.3. The maximum absolute atomic E-state index is 13.2. The van der Waals surface area contributed by atoms with Gasteiger partial charge in [-0.25, -0.2) is 0 Å². The van der Waals surface area contributed by atoms with Crippen LogP contribution in [0.25, 0.3) is 0 Å². The summed E-state index contributed by atoms with van der Waals surface area (Å²) in [5.41, 5.74) is 2.28. The van der Waals surface area contributed by atoms with Gasteiger partial charge in [-0.15, -0.1) is 0 Å². The van der Waals surface area contributed by atoms with Crippen molar-refractivity contribution in [3.8, 4) is 6.07 Å². The first kappa shape index (κ1) is 17.5. The van der Waals surface area contributed by atoms with E-state index in [-0.39, 0.29) is 17.4 Å². The van der Waals surface area contributed by atoms with Crippen LogP contribution in [0.5, 0.6) is 0 Å². The van der Waals surface area contributed by atoms with E-state index in [2.05, 4.69) is 51.5 Å². The van der Waals surface area contributed by atoms with E-state index >= 15 is 0 Å². The molecule has 1 amide bonds. The molecule has 4 saturated heterocycles. The highest BCUT2D eigenvalue weighted by atomic mass is 16.2. The van der Waals surface area contributed by atoms with E-state index in [9.17, 15) is 4.79 Å². The van der Waals surface area contributed by atoms with Crippen molar-refractivity contribution < 1.29 is 4.79 Å². The Morgan fingerprint density at radius 3 is 2.46 bits per heavy atom. The SMILES string of the molecule is Cn1cc(C#N)cc1C(=O)N[C@H]1C2CN3CCN(C2)CC1(c1ccccc1)C3. The second kappa shape index (κ2) is 6.47. The highest BCUT2D eigenvalue weighted by molar-refractivity contribution is 5.93. The summed E-state index contributed by atoms with van der Waals surface area (Å²) in [5, 5.41) is 12.6. The highest BCUT2D eigenvalue weighted by Crippen LogP contribution is 2.43. The maximum Gasteiger partial charge on any atom is 0.268 e. The van der Waals surface area contributed by atoms with Crippen LogP contribution >= 0.6 is 0 Å². The smallest absolute Gasteiger partial charge is 0.268 e. The fourth-order valence-electron chi connectivity index (χ4n) is 5.64. The lowest BCUT2D eigenvalue weighted by Crippen LogP contribution is -2.70. The first-order valence-electron chi connectivity index (χ1n) is 9.97. The number of hydrogen-bond acceptors (Lipinski definition) is 4. The molecule has 2 unspecified atom stereocenters. The van der Waals surface area contributed by atoms with Crippen molar-refractivity contribution in [2.24, 2.45) is 13.0 Å². The summed E-state index contributed by atoms with van der Waals surface area (Å²) in [6.07, 6.45) is 1.71. The van der Waals surface area contributed by atoms with E-state index in [4.69, 9.17) is 5.26 Å². The third-order valence-corrected chi connectivity index (χ3v) is 6.80. The molecule has 4 aliphatic rings. The van der Waals surface area contributed by atoms with Gasteiger partial charge in [-0.3, -0.25) is 4.79 Å². The number of hydrogen-bond donors (Lipinski definition) is 1. The second-order valence-corrected chi connectivity index (χ2v) is 8.54. The summed E-state index contributed by atoms with van der Waals surface area (Å²) in [5.74, 6) is 0.324. The fourth-order valence-corrected chi connectivity index (χ4v) is 5.64. The van der Waals surface area contributed by atoms with Gasteiger partial charge in [0.1, 0.15) is 11.8 Å². The molecule has 0 radical (unpaired) electrons. The molecule has 4 aliphatic heterocycles. The van der Waals surface area contributed by atoms with Crippen molar-refractivity contribution in [3.05, 3.63) is 59.4 Å². The molecule has 0 aliphatic carbocycles. The molecule has 144 valence electrons. The molecule has 1 aromatic heterocycles. The predicted octanol–water partition coefficient (Wildman–Crippen LogP) is 1.19. The van der Waals surface area contributed by atoms with Crippen LogP contribution in [0.2, 0.25) is 0 Å². The topological polar surface area (TPSA) is 64.3 Å². The Balaban J connectivity index is 1.53. The number of fused-ring (bicyclic) bond motifs is 1. The van der Waals surface area contributed by atoms with Crippen molar-refractivity contribution >= 4 is 5.91 Å². The molecular weight excluding hydrogens is 350 g/mol. The second-order valence-electron chi connectivity index (χ2n) is 8.54. The fraction of sp³-hybridized carbons (Fsp3) is 0.455. The van der Waals surface area contributed by atoms with Crippen LogP contribution in [0, 0.1) is 17.2 Å². The number of amides is 1. The average Bonchev–Trinajstić information content (AvgIpc) is 2.91. The third kappa shape index (κ3) is 2.66. The number of rotatable bonds is 3. The first-order chi connectivity index (χ1) is 13.6. The van der Waals surface area contributed by atoms with Crippen molar-refractivity contribution in [2.45, 2.75) is 11.5 Å².